The van der Waals surface area contributed by atoms with Gasteiger partial charge in [-0.3, -0.25) is 4.98 Å². The molecule has 0 fully saturated rings. The Kier molecular flexibility index (Phi) is 5.12. The van der Waals surface area contributed by atoms with Crippen LogP contribution in [0.2, 0.25) is 0 Å². The van der Waals surface area contributed by atoms with Gasteiger partial charge in [0.15, 0.2) is 0 Å². The fraction of sp³-hybridized carbons (Fsp3) is 0.467. The topological polar surface area (TPSA) is 54.2 Å². The zero-order chi connectivity index (χ0) is 14.4. The lowest BCUT2D eigenvalue weighted by Crippen LogP contribution is -2.20. The summed E-state index contributed by atoms with van der Waals surface area (Å²) < 4.78 is 5.52. The molecule has 0 radical (unpaired) electrons. The molecule has 0 amide bonds. The zero-order valence-electron chi connectivity index (χ0n) is 12.3. The van der Waals surface area contributed by atoms with Gasteiger partial charge in [-0.1, -0.05) is 13.8 Å². The number of pyridine rings is 1. The van der Waals surface area contributed by atoms with Gasteiger partial charge in [-0.25, -0.2) is 0 Å². The minimum Gasteiger partial charge on any atom is -0.432 e. The van der Waals surface area contributed by atoms with Crippen LogP contribution >= 0.6 is 0 Å². The molecule has 0 spiro atoms. The predicted octanol–water partition coefficient (Wildman–Crippen LogP) is 2.45. The fourth-order valence-electron chi connectivity index (χ4n) is 1.87. The van der Waals surface area contributed by atoms with Crippen LogP contribution in [-0.4, -0.2) is 23.6 Å². The smallest absolute Gasteiger partial charge is 0.297 e. The summed E-state index contributed by atoms with van der Waals surface area (Å²) in [5.74, 6) is 0.635. The highest BCUT2D eigenvalue weighted by molar-refractivity contribution is 5.28. The summed E-state index contributed by atoms with van der Waals surface area (Å²) in [4.78, 5) is 10.5. The van der Waals surface area contributed by atoms with Crippen LogP contribution in [0.15, 0.2) is 35.2 Å². The molecule has 0 aliphatic carbocycles. The molecule has 0 bridgehead atoms. The second kappa shape index (κ2) is 7.05. The summed E-state index contributed by atoms with van der Waals surface area (Å²) >= 11 is 0. The molecule has 2 aromatic rings. The second-order valence-electron chi connectivity index (χ2n) is 5.36. The summed E-state index contributed by atoms with van der Waals surface area (Å²) in [5.41, 5.74) is 2.11. The molecule has 0 aromatic carbocycles. The summed E-state index contributed by atoms with van der Waals surface area (Å²) in [7, 11) is 1.97. The van der Waals surface area contributed by atoms with Crippen molar-refractivity contribution in [3.8, 4) is 0 Å². The van der Waals surface area contributed by atoms with E-state index in [1.165, 1.54) is 5.56 Å². The Labute approximate surface area is 120 Å². The van der Waals surface area contributed by atoms with Crippen molar-refractivity contribution in [3.05, 3.63) is 42.0 Å². The van der Waals surface area contributed by atoms with E-state index in [0.717, 1.165) is 25.3 Å². The molecule has 5 heteroatoms. The van der Waals surface area contributed by atoms with Crippen LogP contribution in [0.4, 0.5) is 6.01 Å². The van der Waals surface area contributed by atoms with Crippen LogP contribution < -0.4 is 10.2 Å². The van der Waals surface area contributed by atoms with E-state index in [0.29, 0.717) is 11.9 Å². The first-order chi connectivity index (χ1) is 9.65. The average molecular weight is 274 g/mol. The third kappa shape index (κ3) is 4.35. The Morgan fingerprint density at radius 1 is 1.30 bits per heavy atom. The quantitative estimate of drug-likeness (QED) is 0.840. The first-order valence-electron chi connectivity index (χ1n) is 6.90. The van der Waals surface area contributed by atoms with E-state index in [1.807, 2.05) is 24.1 Å². The molecule has 108 valence electrons. The SMILES string of the molecule is CC(C)CNCc1coc(N(C)Cc2ccncc2)n1. The standard InChI is InChI=1S/C15H22N4O/c1-12(2)8-17-9-14-11-20-15(18-14)19(3)10-13-4-6-16-7-5-13/h4-7,11-12,17H,8-10H2,1-3H3. The van der Waals surface area contributed by atoms with E-state index >= 15 is 0 Å². The third-order valence-corrected chi connectivity index (χ3v) is 2.89. The van der Waals surface area contributed by atoms with Crippen molar-refractivity contribution in [1.82, 2.24) is 15.3 Å². The van der Waals surface area contributed by atoms with Crippen molar-refractivity contribution in [1.29, 1.82) is 0 Å². The number of hydrogen-bond acceptors (Lipinski definition) is 5. The summed E-state index contributed by atoms with van der Waals surface area (Å²) in [5, 5.41) is 3.35. The third-order valence-electron chi connectivity index (χ3n) is 2.89. The maximum absolute atomic E-state index is 5.52. The summed E-state index contributed by atoms with van der Waals surface area (Å²) in [6.07, 6.45) is 5.30. The molecule has 0 saturated heterocycles. The van der Waals surface area contributed by atoms with Crippen molar-refractivity contribution in [2.45, 2.75) is 26.9 Å². The van der Waals surface area contributed by atoms with Gasteiger partial charge in [0.2, 0.25) is 0 Å². The van der Waals surface area contributed by atoms with E-state index in [4.69, 9.17) is 4.42 Å². The van der Waals surface area contributed by atoms with Gasteiger partial charge in [0.05, 0.1) is 5.69 Å². The van der Waals surface area contributed by atoms with Crippen molar-refractivity contribution in [2.24, 2.45) is 5.92 Å². The highest BCUT2D eigenvalue weighted by Crippen LogP contribution is 2.14. The van der Waals surface area contributed by atoms with Crippen LogP contribution in [0.5, 0.6) is 0 Å². The van der Waals surface area contributed by atoms with Gasteiger partial charge >= 0.3 is 0 Å². The maximum atomic E-state index is 5.52. The van der Waals surface area contributed by atoms with E-state index in [9.17, 15) is 0 Å². The molecular weight excluding hydrogens is 252 g/mol. The lowest BCUT2D eigenvalue weighted by molar-refractivity contribution is 0.535. The van der Waals surface area contributed by atoms with Gasteiger partial charge < -0.3 is 14.6 Å². The zero-order valence-corrected chi connectivity index (χ0v) is 12.3. The van der Waals surface area contributed by atoms with Crippen molar-refractivity contribution in [3.63, 3.8) is 0 Å². The number of oxazole rings is 1. The van der Waals surface area contributed by atoms with Crippen LogP contribution in [0.3, 0.4) is 0 Å². The van der Waals surface area contributed by atoms with Crippen LogP contribution in [-0.2, 0) is 13.1 Å². The van der Waals surface area contributed by atoms with Gasteiger partial charge in [0.1, 0.15) is 6.26 Å². The first kappa shape index (κ1) is 14.5. The average Bonchev–Trinajstić information content (AvgIpc) is 2.88. The van der Waals surface area contributed by atoms with Crippen molar-refractivity contribution in [2.75, 3.05) is 18.5 Å². The van der Waals surface area contributed by atoms with Gasteiger partial charge in [-0.15, -0.1) is 0 Å². The molecule has 0 aliphatic heterocycles. The molecule has 5 nitrogen and oxygen atoms in total. The Morgan fingerprint density at radius 3 is 2.75 bits per heavy atom. The van der Waals surface area contributed by atoms with E-state index in [2.05, 4.69) is 29.1 Å². The Balaban J connectivity index is 1.88. The summed E-state index contributed by atoms with van der Waals surface area (Å²) in [6.45, 7) is 6.84. The molecule has 0 saturated carbocycles. The number of aromatic nitrogens is 2. The molecule has 0 unspecified atom stereocenters. The Bertz CT molecular complexity index is 510. The maximum Gasteiger partial charge on any atom is 0.297 e. The number of hydrogen-bond donors (Lipinski definition) is 1. The van der Waals surface area contributed by atoms with E-state index in [-0.39, 0.29) is 0 Å². The number of anilines is 1. The van der Waals surface area contributed by atoms with Crippen LogP contribution in [0, 0.1) is 5.92 Å². The molecular formula is C15H22N4O. The summed E-state index contributed by atoms with van der Waals surface area (Å²) in [6, 6.07) is 4.62. The highest BCUT2D eigenvalue weighted by Gasteiger charge is 2.09. The van der Waals surface area contributed by atoms with Crippen LogP contribution in [0.1, 0.15) is 25.1 Å². The van der Waals surface area contributed by atoms with E-state index in [1.54, 1.807) is 18.7 Å². The molecule has 1 N–H and O–H groups in total. The number of nitrogens with zero attached hydrogens (tertiary/aromatic N) is 3. The van der Waals surface area contributed by atoms with E-state index < -0.39 is 0 Å². The van der Waals surface area contributed by atoms with Gasteiger partial charge in [0.25, 0.3) is 6.01 Å². The lowest BCUT2D eigenvalue weighted by Gasteiger charge is -2.13. The predicted molar refractivity (Wildman–Crippen MR) is 79.4 cm³/mol. The molecule has 2 rings (SSSR count). The molecule has 0 atom stereocenters. The fourth-order valence-corrected chi connectivity index (χ4v) is 1.87. The number of nitrogens with one attached hydrogen (secondary N) is 1. The molecule has 0 aliphatic rings. The number of rotatable bonds is 7. The monoisotopic (exact) mass is 274 g/mol. The Hall–Kier alpha value is -1.88. The normalized spacial score (nSPS) is 11.0. The molecule has 2 heterocycles. The van der Waals surface area contributed by atoms with Gasteiger partial charge in [-0.05, 0) is 30.2 Å². The van der Waals surface area contributed by atoms with Gasteiger partial charge in [-0.2, -0.15) is 4.98 Å². The minimum atomic E-state index is 0.635. The minimum absolute atomic E-state index is 0.635. The second-order valence-corrected chi connectivity index (χ2v) is 5.36. The van der Waals surface area contributed by atoms with Crippen LogP contribution in [0.25, 0.3) is 0 Å². The molecule has 2 aromatic heterocycles. The van der Waals surface area contributed by atoms with Crippen molar-refractivity contribution < 1.29 is 4.42 Å². The highest BCUT2D eigenvalue weighted by atomic mass is 16.4. The first-order valence-corrected chi connectivity index (χ1v) is 6.90. The lowest BCUT2D eigenvalue weighted by atomic mass is 10.2. The largest absolute Gasteiger partial charge is 0.432 e. The van der Waals surface area contributed by atoms with Gasteiger partial charge in [0, 0.05) is 32.5 Å². The molecule has 20 heavy (non-hydrogen) atoms. The van der Waals surface area contributed by atoms with Crippen molar-refractivity contribution >= 4 is 6.01 Å². The Morgan fingerprint density at radius 2 is 2.05 bits per heavy atom.